The van der Waals surface area contributed by atoms with Crippen molar-refractivity contribution < 1.29 is 14.6 Å². The van der Waals surface area contributed by atoms with Crippen molar-refractivity contribution in [2.75, 3.05) is 0 Å². The van der Waals surface area contributed by atoms with Gasteiger partial charge in [0.15, 0.2) is 0 Å². The Kier molecular flexibility index (Phi) is 5.80. The van der Waals surface area contributed by atoms with Gasteiger partial charge in [0.25, 0.3) is 0 Å². The summed E-state index contributed by atoms with van der Waals surface area (Å²) in [5, 5.41) is 10.0. The maximum absolute atomic E-state index is 11.4. The van der Waals surface area contributed by atoms with Crippen molar-refractivity contribution in [2.45, 2.75) is 13.3 Å². The van der Waals surface area contributed by atoms with Crippen LogP contribution in [0, 0.1) is 0 Å². The third-order valence-electron chi connectivity index (χ3n) is 5.02. The summed E-state index contributed by atoms with van der Waals surface area (Å²) in [5.74, 6) is 0.618. The van der Waals surface area contributed by atoms with Gasteiger partial charge in [-0.25, -0.2) is 0 Å². The van der Waals surface area contributed by atoms with Crippen LogP contribution in [0.25, 0.3) is 17.2 Å². The van der Waals surface area contributed by atoms with Crippen LogP contribution < -0.4 is 4.74 Å². The zero-order valence-electron chi connectivity index (χ0n) is 16.2. The summed E-state index contributed by atoms with van der Waals surface area (Å²) in [4.78, 5) is 11.4. The molecule has 0 unspecified atom stereocenters. The standard InChI is InChI=1S/C25H18BrClO3/c1-15-22(21-11-4-17(26)13-24(21)23(15)14-25(28)29)12-16-2-7-19(8-3-16)30-20-9-5-18(27)6-10-20/h2-13H,14H2,1H3,(H,28,29)/b22-12-. The van der Waals surface area contributed by atoms with Crippen LogP contribution in [0.4, 0.5) is 0 Å². The van der Waals surface area contributed by atoms with Crippen LogP contribution in [0.15, 0.2) is 76.8 Å². The monoisotopic (exact) mass is 480 g/mol. The Labute approximate surface area is 188 Å². The zero-order chi connectivity index (χ0) is 21.3. The predicted octanol–water partition coefficient (Wildman–Crippen LogP) is 7.70. The summed E-state index contributed by atoms with van der Waals surface area (Å²) in [6.45, 7) is 1.98. The molecule has 0 heterocycles. The maximum atomic E-state index is 11.4. The summed E-state index contributed by atoms with van der Waals surface area (Å²) in [6.07, 6.45) is 2.09. The summed E-state index contributed by atoms with van der Waals surface area (Å²) in [5.41, 5.74) is 5.92. The van der Waals surface area contributed by atoms with Gasteiger partial charge in [-0.2, -0.15) is 0 Å². The molecule has 3 aromatic rings. The Hall–Kier alpha value is -2.82. The third-order valence-corrected chi connectivity index (χ3v) is 5.77. The first-order valence-electron chi connectivity index (χ1n) is 9.38. The molecule has 1 aliphatic carbocycles. The van der Waals surface area contributed by atoms with E-state index in [-0.39, 0.29) is 6.42 Å². The van der Waals surface area contributed by atoms with Gasteiger partial charge in [-0.1, -0.05) is 45.7 Å². The molecule has 0 atom stereocenters. The first-order chi connectivity index (χ1) is 14.4. The number of carbonyl (C=O) groups is 1. The highest BCUT2D eigenvalue weighted by Gasteiger charge is 2.25. The highest BCUT2D eigenvalue weighted by atomic mass is 79.9. The molecule has 1 N–H and O–H groups in total. The maximum Gasteiger partial charge on any atom is 0.307 e. The molecule has 0 amide bonds. The van der Waals surface area contributed by atoms with Gasteiger partial charge in [0.2, 0.25) is 0 Å². The van der Waals surface area contributed by atoms with E-state index in [9.17, 15) is 9.90 Å². The SMILES string of the molecule is CC1=C(CC(=O)O)c2cc(Br)ccc2/C1=C\c1ccc(Oc2ccc(Cl)cc2)cc1. The van der Waals surface area contributed by atoms with Crippen molar-refractivity contribution in [3.8, 4) is 11.5 Å². The van der Waals surface area contributed by atoms with Gasteiger partial charge in [-0.3, -0.25) is 4.79 Å². The minimum atomic E-state index is -0.833. The van der Waals surface area contributed by atoms with E-state index in [0.29, 0.717) is 5.02 Å². The fraction of sp³-hybridized carbons (Fsp3) is 0.0800. The van der Waals surface area contributed by atoms with Crippen LogP contribution in [-0.4, -0.2) is 11.1 Å². The van der Waals surface area contributed by atoms with Crippen LogP contribution >= 0.6 is 27.5 Å². The van der Waals surface area contributed by atoms with Crippen LogP contribution in [0.2, 0.25) is 5.02 Å². The van der Waals surface area contributed by atoms with Gasteiger partial charge < -0.3 is 9.84 Å². The van der Waals surface area contributed by atoms with Crippen LogP contribution in [-0.2, 0) is 4.79 Å². The normalized spacial score (nSPS) is 14.2. The van der Waals surface area contributed by atoms with Gasteiger partial charge >= 0.3 is 5.97 Å². The molecule has 0 radical (unpaired) electrons. The molecule has 30 heavy (non-hydrogen) atoms. The van der Waals surface area contributed by atoms with E-state index in [1.165, 1.54) is 0 Å². The average Bonchev–Trinajstić information content (AvgIpc) is 2.96. The lowest BCUT2D eigenvalue weighted by Crippen LogP contribution is -1.96. The highest BCUT2D eigenvalue weighted by molar-refractivity contribution is 9.10. The molecule has 150 valence electrons. The molecule has 1 aliphatic rings. The van der Waals surface area contributed by atoms with Crippen molar-refractivity contribution in [1.82, 2.24) is 0 Å². The number of ether oxygens (including phenoxy) is 1. The van der Waals surface area contributed by atoms with Crippen molar-refractivity contribution in [3.05, 3.63) is 98.5 Å². The fourth-order valence-corrected chi connectivity index (χ4v) is 4.06. The zero-order valence-corrected chi connectivity index (χ0v) is 18.5. The van der Waals surface area contributed by atoms with E-state index in [0.717, 1.165) is 49.4 Å². The molecule has 0 aliphatic heterocycles. The lowest BCUT2D eigenvalue weighted by molar-refractivity contribution is -0.135. The molecule has 0 saturated carbocycles. The van der Waals surface area contributed by atoms with Gasteiger partial charge in [-0.15, -0.1) is 0 Å². The van der Waals surface area contributed by atoms with E-state index < -0.39 is 5.97 Å². The number of benzene rings is 3. The van der Waals surface area contributed by atoms with Crippen molar-refractivity contribution >= 4 is 50.7 Å². The second-order valence-electron chi connectivity index (χ2n) is 7.05. The number of carboxylic acids is 1. The topological polar surface area (TPSA) is 46.5 Å². The second kappa shape index (κ2) is 8.50. The van der Waals surface area contributed by atoms with Crippen LogP contribution in [0.5, 0.6) is 11.5 Å². The van der Waals surface area contributed by atoms with Crippen molar-refractivity contribution in [3.63, 3.8) is 0 Å². The number of hydrogen-bond donors (Lipinski definition) is 1. The molecular weight excluding hydrogens is 464 g/mol. The molecule has 3 nitrogen and oxygen atoms in total. The molecule has 0 saturated heterocycles. The Morgan fingerprint density at radius 3 is 2.27 bits per heavy atom. The molecule has 0 bridgehead atoms. The molecule has 0 aromatic heterocycles. The molecule has 0 spiro atoms. The molecule has 3 aromatic carbocycles. The Balaban J connectivity index is 1.64. The number of carboxylic acid groups (broad SMARTS) is 1. The Morgan fingerprint density at radius 2 is 1.63 bits per heavy atom. The van der Waals surface area contributed by atoms with E-state index in [1.54, 1.807) is 12.1 Å². The number of allylic oxidation sites excluding steroid dienone is 2. The van der Waals surface area contributed by atoms with Gasteiger partial charge in [-0.05, 0) is 94.9 Å². The molecular formula is C25H18BrClO3. The van der Waals surface area contributed by atoms with Crippen LogP contribution in [0.1, 0.15) is 30.0 Å². The lowest BCUT2D eigenvalue weighted by atomic mass is 10.0. The predicted molar refractivity (Wildman–Crippen MR) is 125 cm³/mol. The first kappa shape index (κ1) is 20.5. The number of fused-ring (bicyclic) bond motifs is 1. The molecule has 4 rings (SSSR count). The minimum absolute atomic E-state index is 0.000493. The molecule has 5 heteroatoms. The lowest BCUT2D eigenvalue weighted by Gasteiger charge is -2.07. The van der Waals surface area contributed by atoms with Crippen molar-refractivity contribution in [2.24, 2.45) is 0 Å². The quantitative estimate of drug-likeness (QED) is 0.406. The van der Waals surface area contributed by atoms with E-state index in [1.807, 2.05) is 61.5 Å². The van der Waals surface area contributed by atoms with E-state index in [2.05, 4.69) is 22.0 Å². The smallest absolute Gasteiger partial charge is 0.307 e. The number of aliphatic carboxylic acids is 1. The fourth-order valence-electron chi connectivity index (χ4n) is 3.57. The largest absolute Gasteiger partial charge is 0.481 e. The van der Waals surface area contributed by atoms with Gasteiger partial charge in [0.1, 0.15) is 11.5 Å². The number of hydrogen-bond acceptors (Lipinski definition) is 2. The van der Waals surface area contributed by atoms with Crippen molar-refractivity contribution in [1.29, 1.82) is 0 Å². The first-order valence-corrected chi connectivity index (χ1v) is 10.6. The van der Waals surface area contributed by atoms with E-state index in [4.69, 9.17) is 16.3 Å². The summed E-state index contributed by atoms with van der Waals surface area (Å²) in [7, 11) is 0. The summed E-state index contributed by atoms with van der Waals surface area (Å²) >= 11 is 9.40. The Bertz CT molecular complexity index is 1180. The third kappa shape index (κ3) is 4.35. The van der Waals surface area contributed by atoms with E-state index >= 15 is 0 Å². The van der Waals surface area contributed by atoms with Crippen LogP contribution in [0.3, 0.4) is 0 Å². The number of halogens is 2. The minimum Gasteiger partial charge on any atom is -0.481 e. The highest BCUT2D eigenvalue weighted by Crippen LogP contribution is 2.44. The van der Waals surface area contributed by atoms with Gasteiger partial charge in [0.05, 0.1) is 6.42 Å². The average molecular weight is 482 g/mol. The van der Waals surface area contributed by atoms with Gasteiger partial charge in [0, 0.05) is 9.50 Å². The second-order valence-corrected chi connectivity index (χ2v) is 8.40. The molecule has 0 fully saturated rings. The number of rotatable bonds is 5. The Morgan fingerprint density at radius 1 is 1.00 bits per heavy atom. The summed E-state index contributed by atoms with van der Waals surface area (Å²) < 4.78 is 6.78. The summed E-state index contributed by atoms with van der Waals surface area (Å²) in [6, 6.07) is 21.0.